The smallest absolute Gasteiger partial charge is 0.123 e. The summed E-state index contributed by atoms with van der Waals surface area (Å²) in [7, 11) is 0. The van der Waals surface area contributed by atoms with Crippen molar-refractivity contribution in [1.29, 1.82) is 0 Å². The molecule has 1 unspecified atom stereocenters. The van der Waals surface area contributed by atoms with Gasteiger partial charge in [0.2, 0.25) is 0 Å². The molecule has 1 atom stereocenters. The molecule has 0 radical (unpaired) electrons. The zero-order valence-corrected chi connectivity index (χ0v) is 13.2. The van der Waals surface area contributed by atoms with E-state index in [1.54, 1.807) is 0 Å². The molecule has 1 aromatic carbocycles. The molecule has 0 aliphatic heterocycles. The second-order valence-electron chi connectivity index (χ2n) is 5.28. The molecule has 0 saturated heterocycles. The Hall–Kier alpha value is -1.58. The first kappa shape index (κ1) is 15.8. The fourth-order valence-corrected chi connectivity index (χ4v) is 2.33. The summed E-state index contributed by atoms with van der Waals surface area (Å²) in [6.45, 7) is 4.59. The monoisotopic (exact) mass is 304 g/mol. The SMILES string of the molecule is CCC(N)Cc1cc(Cl)ccc1OCc1cncc(C)c1. The van der Waals surface area contributed by atoms with Gasteiger partial charge in [-0.2, -0.15) is 0 Å². The van der Waals surface area contributed by atoms with E-state index in [1.165, 1.54) is 0 Å². The van der Waals surface area contributed by atoms with Crippen molar-refractivity contribution in [3.8, 4) is 5.75 Å². The molecule has 4 heteroatoms. The summed E-state index contributed by atoms with van der Waals surface area (Å²) in [6.07, 6.45) is 5.34. The zero-order chi connectivity index (χ0) is 15.2. The maximum Gasteiger partial charge on any atom is 0.123 e. The van der Waals surface area contributed by atoms with Gasteiger partial charge in [-0.1, -0.05) is 18.5 Å². The maximum atomic E-state index is 6.08. The van der Waals surface area contributed by atoms with Gasteiger partial charge >= 0.3 is 0 Å². The van der Waals surface area contributed by atoms with Crippen LogP contribution in [0.5, 0.6) is 5.75 Å². The van der Waals surface area contributed by atoms with Crippen LogP contribution in [0.15, 0.2) is 36.7 Å². The standard InChI is InChI=1S/C17H21ClN2O/c1-3-16(19)8-14-7-15(18)4-5-17(14)21-11-13-6-12(2)9-20-10-13/h4-7,9-10,16H,3,8,11,19H2,1-2H3. The van der Waals surface area contributed by atoms with Gasteiger partial charge in [-0.25, -0.2) is 0 Å². The number of nitrogens with zero attached hydrogens (tertiary/aromatic N) is 1. The summed E-state index contributed by atoms with van der Waals surface area (Å²) in [5.74, 6) is 0.838. The molecular formula is C17H21ClN2O. The Morgan fingerprint density at radius 3 is 2.81 bits per heavy atom. The third kappa shape index (κ3) is 4.73. The molecule has 0 aliphatic rings. The third-order valence-corrected chi connectivity index (χ3v) is 3.59. The Balaban J connectivity index is 2.11. The van der Waals surface area contributed by atoms with Crippen molar-refractivity contribution in [2.24, 2.45) is 5.73 Å². The molecule has 0 bridgehead atoms. The zero-order valence-electron chi connectivity index (χ0n) is 12.5. The van der Waals surface area contributed by atoms with Crippen LogP contribution in [0.4, 0.5) is 0 Å². The topological polar surface area (TPSA) is 48.1 Å². The van der Waals surface area contributed by atoms with Crippen molar-refractivity contribution in [3.05, 3.63) is 58.4 Å². The lowest BCUT2D eigenvalue weighted by atomic mass is 10.0. The highest BCUT2D eigenvalue weighted by Gasteiger charge is 2.09. The Bertz CT molecular complexity index is 601. The van der Waals surface area contributed by atoms with E-state index in [-0.39, 0.29) is 6.04 Å². The molecular weight excluding hydrogens is 284 g/mol. The maximum absolute atomic E-state index is 6.08. The Morgan fingerprint density at radius 2 is 2.10 bits per heavy atom. The predicted molar refractivity (Wildman–Crippen MR) is 86.7 cm³/mol. The van der Waals surface area contributed by atoms with Crippen molar-refractivity contribution in [3.63, 3.8) is 0 Å². The van der Waals surface area contributed by atoms with Crippen LogP contribution in [0.25, 0.3) is 0 Å². The molecule has 0 amide bonds. The number of benzene rings is 1. The number of hydrogen-bond donors (Lipinski definition) is 1. The molecule has 0 saturated carbocycles. The Kier molecular flexibility index (Phi) is 5.59. The molecule has 0 fully saturated rings. The quantitative estimate of drug-likeness (QED) is 0.880. The molecule has 0 aliphatic carbocycles. The van der Waals surface area contributed by atoms with Crippen LogP contribution in [-0.4, -0.2) is 11.0 Å². The van der Waals surface area contributed by atoms with E-state index >= 15 is 0 Å². The number of nitrogens with two attached hydrogens (primary N) is 1. The molecule has 21 heavy (non-hydrogen) atoms. The number of aryl methyl sites for hydroxylation is 1. The number of hydrogen-bond acceptors (Lipinski definition) is 3. The summed E-state index contributed by atoms with van der Waals surface area (Å²) in [6, 6.07) is 7.86. The Labute approximate surface area is 131 Å². The van der Waals surface area contributed by atoms with Gasteiger partial charge < -0.3 is 10.5 Å². The van der Waals surface area contributed by atoms with Crippen molar-refractivity contribution in [2.75, 3.05) is 0 Å². The first-order valence-electron chi connectivity index (χ1n) is 7.15. The van der Waals surface area contributed by atoms with Crippen molar-refractivity contribution in [1.82, 2.24) is 4.98 Å². The van der Waals surface area contributed by atoms with Crippen LogP contribution in [0.3, 0.4) is 0 Å². The van der Waals surface area contributed by atoms with Crippen molar-refractivity contribution in [2.45, 2.75) is 39.3 Å². The van der Waals surface area contributed by atoms with Gasteiger partial charge in [0.25, 0.3) is 0 Å². The lowest BCUT2D eigenvalue weighted by molar-refractivity contribution is 0.301. The minimum absolute atomic E-state index is 0.117. The number of aromatic nitrogens is 1. The fourth-order valence-electron chi connectivity index (χ4n) is 2.13. The average Bonchev–Trinajstić information content (AvgIpc) is 2.46. The predicted octanol–water partition coefficient (Wildman–Crippen LogP) is 3.90. The van der Waals surface area contributed by atoms with E-state index in [9.17, 15) is 0 Å². The fraction of sp³-hybridized carbons (Fsp3) is 0.353. The highest BCUT2D eigenvalue weighted by atomic mass is 35.5. The van der Waals surface area contributed by atoms with Gasteiger partial charge in [0.05, 0.1) is 0 Å². The third-order valence-electron chi connectivity index (χ3n) is 3.35. The van der Waals surface area contributed by atoms with Gasteiger partial charge in [0.1, 0.15) is 12.4 Å². The first-order valence-corrected chi connectivity index (χ1v) is 7.53. The molecule has 3 nitrogen and oxygen atoms in total. The summed E-state index contributed by atoms with van der Waals surface area (Å²) in [5.41, 5.74) is 9.27. The lowest BCUT2D eigenvalue weighted by Crippen LogP contribution is -2.21. The van der Waals surface area contributed by atoms with Crippen LogP contribution in [0.2, 0.25) is 5.02 Å². The summed E-state index contributed by atoms with van der Waals surface area (Å²) in [4.78, 5) is 4.17. The minimum atomic E-state index is 0.117. The van der Waals surface area contributed by atoms with Crippen molar-refractivity contribution >= 4 is 11.6 Å². The lowest BCUT2D eigenvalue weighted by Gasteiger charge is -2.15. The van der Waals surface area contributed by atoms with Gasteiger partial charge in [-0.15, -0.1) is 0 Å². The van der Waals surface area contributed by atoms with Gasteiger partial charge in [-0.05, 0) is 55.2 Å². The molecule has 2 N–H and O–H groups in total. The number of pyridine rings is 1. The number of ether oxygens (including phenoxy) is 1. The second-order valence-corrected chi connectivity index (χ2v) is 5.72. The summed E-state index contributed by atoms with van der Waals surface area (Å²) < 4.78 is 5.92. The van der Waals surface area contributed by atoms with Gasteiger partial charge in [-0.3, -0.25) is 4.98 Å². The normalized spacial score (nSPS) is 12.2. The molecule has 2 rings (SSSR count). The van der Waals surface area contributed by atoms with Crippen LogP contribution < -0.4 is 10.5 Å². The molecule has 1 heterocycles. The first-order chi connectivity index (χ1) is 10.1. The van der Waals surface area contributed by atoms with Gasteiger partial charge in [0, 0.05) is 29.0 Å². The molecule has 112 valence electrons. The van der Waals surface area contributed by atoms with Crippen molar-refractivity contribution < 1.29 is 4.74 Å². The van der Waals surface area contributed by atoms with E-state index in [2.05, 4.69) is 18.0 Å². The van der Waals surface area contributed by atoms with E-state index in [4.69, 9.17) is 22.1 Å². The summed E-state index contributed by atoms with van der Waals surface area (Å²) >= 11 is 6.08. The molecule has 2 aromatic rings. The van der Waals surface area contributed by atoms with E-state index in [0.29, 0.717) is 11.6 Å². The van der Waals surface area contributed by atoms with E-state index in [1.807, 2.05) is 37.5 Å². The Morgan fingerprint density at radius 1 is 1.29 bits per heavy atom. The highest BCUT2D eigenvalue weighted by molar-refractivity contribution is 6.30. The number of rotatable bonds is 6. The largest absolute Gasteiger partial charge is 0.489 e. The van der Waals surface area contributed by atoms with Crippen LogP contribution >= 0.6 is 11.6 Å². The second kappa shape index (κ2) is 7.43. The van der Waals surface area contributed by atoms with Crippen LogP contribution in [-0.2, 0) is 13.0 Å². The average molecular weight is 305 g/mol. The highest BCUT2D eigenvalue weighted by Crippen LogP contribution is 2.25. The molecule has 1 aromatic heterocycles. The van der Waals surface area contributed by atoms with Crippen LogP contribution in [0, 0.1) is 6.92 Å². The summed E-state index contributed by atoms with van der Waals surface area (Å²) in [5, 5.41) is 0.706. The van der Waals surface area contributed by atoms with E-state index < -0.39 is 0 Å². The molecule has 0 spiro atoms. The van der Waals surface area contributed by atoms with Gasteiger partial charge in [0.15, 0.2) is 0 Å². The minimum Gasteiger partial charge on any atom is -0.489 e. The number of halogens is 1. The van der Waals surface area contributed by atoms with Crippen LogP contribution in [0.1, 0.15) is 30.0 Å². The van der Waals surface area contributed by atoms with E-state index in [0.717, 1.165) is 35.3 Å².